The van der Waals surface area contributed by atoms with Crippen LogP contribution in [0, 0.1) is 0 Å². The van der Waals surface area contributed by atoms with Crippen molar-refractivity contribution in [3.63, 3.8) is 0 Å². The van der Waals surface area contributed by atoms with Crippen LogP contribution in [0.5, 0.6) is 0 Å². The summed E-state index contributed by atoms with van der Waals surface area (Å²) < 4.78 is 3.16. The van der Waals surface area contributed by atoms with Gasteiger partial charge in [0, 0.05) is 0 Å². The standard InChI is InChI=1S/C9H16N8/c1-2-7(16-8(12)5(10)3-14-16)17-9(13)6(11)4-15-17/h3-4,7H,2,10-13H2,1H3. The van der Waals surface area contributed by atoms with E-state index < -0.39 is 0 Å². The third kappa shape index (κ3) is 1.63. The van der Waals surface area contributed by atoms with Crippen molar-refractivity contribution in [3.05, 3.63) is 12.4 Å². The number of anilines is 4. The first-order valence-corrected chi connectivity index (χ1v) is 5.23. The van der Waals surface area contributed by atoms with Gasteiger partial charge >= 0.3 is 0 Å². The first-order chi connectivity index (χ1) is 8.06. The van der Waals surface area contributed by atoms with Gasteiger partial charge in [0.1, 0.15) is 17.8 Å². The van der Waals surface area contributed by atoms with Gasteiger partial charge in [-0.25, -0.2) is 9.36 Å². The number of hydrogen-bond donors (Lipinski definition) is 4. The topological polar surface area (TPSA) is 140 Å². The maximum atomic E-state index is 5.84. The summed E-state index contributed by atoms with van der Waals surface area (Å²) in [5.41, 5.74) is 23.9. The van der Waals surface area contributed by atoms with Crippen molar-refractivity contribution >= 4 is 23.0 Å². The highest BCUT2D eigenvalue weighted by Crippen LogP contribution is 2.25. The molecule has 8 N–H and O–H groups in total. The van der Waals surface area contributed by atoms with Crippen LogP contribution in [-0.4, -0.2) is 19.6 Å². The van der Waals surface area contributed by atoms with Crippen LogP contribution < -0.4 is 22.9 Å². The Morgan fingerprint density at radius 2 is 1.41 bits per heavy atom. The van der Waals surface area contributed by atoms with E-state index in [0.29, 0.717) is 29.4 Å². The first kappa shape index (κ1) is 11.1. The molecule has 0 amide bonds. The van der Waals surface area contributed by atoms with Gasteiger partial charge in [0.25, 0.3) is 0 Å². The summed E-state index contributed by atoms with van der Waals surface area (Å²) in [4.78, 5) is 0. The number of rotatable bonds is 3. The lowest BCUT2D eigenvalue weighted by molar-refractivity contribution is 0.359. The minimum Gasteiger partial charge on any atom is -0.394 e. The Hall–Kier alpha value is -2.38. The average molecular weight is 236 g/mol. The second kappa shape index (κ2) is 3.89. The van der Waals surface area contributed by atoms with Gasteiger partial charge in [-0.05, 0) is 6.42 Å². The largest absolute Gasteiger partial charge is 0.394 e. The van der Waals surface area contributed by atoms with Crippen molar-refractivity contribution in [1.29, 1.82) is 0 Å². The molecule has 0 aliphatic rings. The van der Waals surface area contributed by atoms with E-state index in [2.05, 4.69) is 10.2 Å². The number of nitrogens with two attached hydrogens (primary N) is 4. The van der Waals surface area contributed by atoms with Crippen LogP contribution in [0.1, 0.15) is 19.5 Å². The van der Waals surface area contributed by atoms with Crippen molar-refractivity contribution in [1.82, 2.24) is 19.6 Å². The van der Waals surface area contributed by atoms with E-state index in [4.69, 9.17) is 22.9 Å². The summed E-state index contributed by atoms with van der Waals surface area (Å²) in [5, 5.41) is 8.25. The molecule has 17 heavy (non-hydrogen) atoms. The number of hydrogen-bond acceptors (Lipinski definition) is 6. The number of nitrogens with zero attached hydrogens (tertiary/aromatic N) is 4. The average Bonchev–Trinajstić information content (AvgIpc) is 2.80. The van der Waals surface area contributed by atoms with Crippen LogP contribution in [0.4, 0.5) is 23.0 Å². The Labute approximate surface area is 98.2 Å². The molecule has 0 aromatic carbocycles. The van der Waals surface area contributed by atoms with Crippen molar-refractivity contribution < 1.29 is 0 Å². The lowest BCUT2D eigenvalue weighted by atomic mass is 10.3. The molecular formula is C9H16N8. The molecule has 0 aliphatic carbocycles. The summed E-state index contributed by atoms with van der Waals surface area (Å²) in [5.74, 6) is 0.788. The zero-order valence-corrected chi connectivity index (χ0v) is 9.54. The molecular weight excluding hydrogens is 220 g/mol. The van der Waals surface area contributed by atoms with Crippen LogP contribution in [-0.2, 0) is 0 Å². The SMILES string of the molecule is CCC(n1ncc(N)c1N)n1ncc(N)c1N. The van der Waals surface area contributed by atoms with Crippen LogP contribution >= 0.6 is 0 Å². The summed E-state index contributed by atoms with van der Waals surface area (Å²) in [6, 6.07) is 0. The minimum absolute atomic E-state index is 0.232. The van der Waals surface area contributed by atoms with Crippen molar-refractivity contribution in [2.75, 3.05) is 22.9 Å². The van der Waals surface area contributed by atoms with Crippen molar-refractivity contribution in [3.8, 4) is 0 Å². The summed E-state index contributed by atoms with van der Waals surface area (Å²) in [6.45, 7) is 1.97. The van der Waals surface area contributed by atoms with Gasteiger partial charge in [0.05, 0.1) is 23.8 Å². The molecule has 2 rings (SSSR count). The van der Waals surface area contributed by atoms with Gasteiger partial charge in [-0.15, -0.1) is 0 Å². The first-order valence-electron chi connectivity index (χ1n) is 5.23. The Balaban J connectivity index is 2.47. The van der Waals surface area contributed by atoms with Crippen molar-refractivity contribution in [2.24, 2.45) is 0 Å². The Bertz CT molecular complexity index is 479. The lowest BCUT2D eigenvalue weighted by Gasteiger charge is -2.19. The fourth-order valence-electron chi connectivity index (χ4n) is 1.69. The summed E-state index contributed by atoms with van der Waals surface area (Å²) in [6.07, 6.45) is 3.48. The Morgan fingerprint density at radius 3 is 1.65 bits per heavy atom. The molecule has 2 aromatic heterocycles. The molecule has 0 atom stereocenters. The van der Waals surface area contributed by atoms with Gasteiger partial charge in [0.15, 0.2) is 0 Å². The van der Waals surface area contributed by atoms with E-state index in [1.54, 1.807) is 9.36 Å². The van der Waals surface area contributed by atoms with E-state index in [1.165, 1.54) is 12.4 Å². The molecule has 0 saturated carbocycles. The molecule has 0 spiro atoms. The zero-order valence-electron chi connectivity index (χ0n) is 9.54. The maximum Gasteiger partial charge on any atom is 0.147 e. The Morgan fingerprint density at radius 1 is 1.00 bits per heavy atom. The van der Waals surface area contributed by atoms with Gasteiger partial charge in [-0.3, -0.25) is 0 Å². The lowest BCUT2D eigenvalue weighted by Crippen LogP contribution is -2.23. The van der Waals surface area contributed by atoms with E-state index in [9.17, 15) is 0 Å². The maximum absolute atomic E-state index is 5.84. The van der Waals surface area contributed by atoms with E-state index in [1.807, 2.05) is 6.92 Å². The predicted molar refractivity (Wildman–Crippen MR) is 66.8 cm³/mol. The summed E-state index contributed by atoms with van der Waals surface area (Å²) >= 11 is 0. The molecule has 0 unspecified atom stereocenters. The fourth-order valence-corrected chi connectivity index (χ4v) is 1.69. The van der Waals surface area contributed by atoms with E-state index >= 15 is 0 Å². The summed E-state index contributed by atoms with van der Waals surface area (Å²) in [7, 11) is 0. The third-order valence-electron chi connectivity index (χ3n) is 2.66. The zero-order chi connectivity index (χ0) is 12.6. The predicted octanol–water partition coefficient (Wildman–Crippen LogP) is -0.135. The molecule has 92 valence electrons. The number of nitrogen functional groups attached to an aromatic ring is 4. The molecule has 0 saturated heterocycles. The highest BCUT2D eigenvalue weighted by molar-refractivity contribution is 5.59. The van der Waals surface area contributed by atoms with Crippen LogP contribution in [0.2, 0.25) is 0 Å². The molecule has 8 heteroatoms. The molecule has 0 aliphatic heterocycles. The molecule has 2 aromatic rings. The molecule has 0 fully saturated rings. The number of aromatic nitrogens is 4. The van der Waals surface area contributed by atoms with Crippen molar-refractivity contribution in [2.45, 2.75) is 19.5 Å². The third-order valence-corrected chi connectivity index (χ3v) is 2.66. The van der Waals surface area contributed by atoms with Gasteiger partial charge in [0.2, 0.25) is 0 Å². The fraction of sp³-hybridized carbons (Fsp3) is 0.333. The second-order valence-electron chi connectivity index (χ2n) is 3.75. The smallest absolute Gasteiger partial charge is 0.147 e. The van der Waals surface area contributed by atoms with Gasteiger partial charge in [-0.2, -0.15) is 10.2 Å². The molecule has 2 heterocycles. The Kier molecular flexibility index (Phi) is 2.54. The normalized spacial score (nSPS) is 11.2. The van der Waals surface area contributed by atoms with Gasteiger partial charge in [-0.1, -0.05) is 6.92 Å². The van der Waals surface area contributed by atoms with Crippen LogP contribution in [0.3, 0.4) is 0 Å². The van der Waals surface area contributed by atoms with Crippen LogP contribution in [0.15, 0.2) is 12.4 Å². The van der Waals surface area contributed by atoms with E-state index in [0.717, 1.165) is 0 Å². The monoisotopic (exact) mass is 236 g/mol. The van der Waals surface area contributed by atoms with Crippen LogP contribution in [0.25, 0.3) is 0 Å². The molecule has 0 radical (unpaired) electrons. The second-order valence-corrected chi connectivity index (χ2v) is 3.75. The highest BCUT2D eigenvalue weighted by atomic mass is 15.5. The van der Waals surface area contributed by atoms with Gasteiger partial charge < -0.3 is 22.9 Å². The van der Waals surface area contributed by atoms with E-state index in [-0.39, 0.29) is 6.17 Å². The molecule has 0 bridgehead atoms. The molecule has 8 nitrogen and oxygen atoms in total. The highest BCUT2D eigenvalue weighted by Gasteiger charge is 2.19. The minimum atomic E-state index is -0.232. The quantitative estimate of drug-likeness (QED) is 0.585.